The van der Waals surface area contributed by atoms with Crippen LogP contribution in [0.15, 0.2) is 54.3 Å². The van der Waals surface area contributed by atoms with Crippen LogP contribution >= 0.6 is 0 Å². The molecule has 1 heteroatoms. The van der Waals surface area contributed by atoms with Gasteiger partial charge in [-0.3, -0.25) is 0 Å². The van der Waals surface area contributed by atoms with Crippen LogP contribution in [-0.4, -0.2) is 5.11 Å². The van der Waals surface area contributed by atoms with Crippen molar-refractivity contribution in [2.75, 3.05) is 0 Å². The maximum atomic E-state index is 9.25. The quantitative estimate of drug-likeness (QED) is 0.769. The van der Waals surface area contributed by atoms with Crippen molar-refractivity contribution < 1.29 is 5.11 Å². The molecular formula is C14H16O. The molecule has 0 aromatic heterocycles. The summed E-state index contributed by atoms with van der Waals surface area (Å²) in [5, 5.41) is 9.25. The molecule has 1 aliphatic carbocycles. The van der Waals surface area contributed by atoms with Gasteiger partial charge in [0.1, 0.15) is 5.76 Å². The molecule has 0 saturated carbocycles. The van der Waals surface area contributed by atoms with Crippen LogP contribution in [0.4, 0.5) is 0 Å². The number of aliphatic hydroxyl groups is 1. The molecule has 0 bridgehead atoms. The molecule has 2 atom stereocenters. The van der Waals surface area contributed by atoms with Crippen molar-refractivity contribution in [2.45, 2.75) is 19.3 Å². The minimum atomic E-state index is 0.395. The van der Waals surface area contributed by atoms with Crippen LogP contribution in [0.1, 0.15) is 24.8 Å². The Morgan fingerprint density at radius 1 is 1.27 bits per heavy atom. The summed E-state index contributed by atoms with van der Waals surface area (Å²) in [6.45, 7) is 2.24. The summed E-state index contributed by atoms with van der Waals surface area (Å²) in [4.78, 5) is 0. The van der Waals surface area contributed by atoms with Crippen LogP contribution in [-0.2, 0) is 0 Å². The predicted molar refractivity (Wildman–Crippen MR) is 62.8 cm³/mol. The molecule has 1 aromatic carbocycles. The molecule has 0 radical (unpaired) electrons. The standard InChI is InChI=1S/C14H16O/c1-11(12-5-3-2-4-6-12)13-7-9-14(15)10-8-13/h2-7,9-11,13,15H,8H2,1H3. The fraction of sp³-hybridized carbons (Fsp3) is 0.286. The van der Waals surface area contributed by atoms with E-state index in [1.807, 2.05) is 12.1 Å². The molecule has 1 aliphatic rings. The molecule has 0 saturated heterocycles. The third-order valence-electron chi connectivity index (χ3n) is 3.08. The van der Waals surface area contributed by atoms with E-state index in [0.717, 1.165) is 6.42 Å². The van der Waals surface area contributed by atoms with Gasteiger partial charge in [-0.1, -0.05) is 43.3 Å². The zero-order valence-electron chi connectivity index (χ0n) is 8.93. The van der Waals surface area contributed by atoms with E-state index in [9.17, 15) is 5.11 Å². The largest absolute Gasteiger partial charge is 0.508 e. The molecule has 0 amide bonds. The van der Waals surface area contributed by atoms with Gasteiger partial charge in [-0.25, -0.2) is 0 Å². The molecule has 1 aromatic rings. The number of aliphatic hydroxyl groups excluding tert-OH is 1. The Labute approximate surface area is 90.8 Å². The van der Waals surface area contributed by atoms with E-state index >= 15 is 0 Å². The highest BCUT2D eigenvalue weighted by Crippen LogP contribution is 2.30. The maximum Gasteiger partial charge on any atom is 0.111 e. The Kier molecular flexibility index (Phi) is 2.91. The fourth-order valence-electron chi connectivity index (χ4n) is 2.00. The summed E-state index contributed by atoms with van der Waals surface area (Å²) in [5.41, 5.74) is 1.36. The predicted octanol–water partition coefficient (Wildman–Crippen LogP) is 3.81. The Balaban J connectivity index is 2.10. The van der Waals surface area contributed by atoms with E-state index in [1.165, 1.54) is 5.56 Å². The zero-order chi connectivity index (χ0) is 10.7. The Morgan fingerprint density at radius 2 is 2.00 bits per heavy atom. The van der Waals surface area contributed by atoms with Gasteiger partial charge < -0.3 is 5.11 Å². The summed E-state index contributed by atoms with van der Waals surface area (Å²) < 4.78 is 0. The molecule has 2 unspecified atom stereocenters. The second kappa shape index (κ2) is 4.35. The summed E-state index contributed by atoms with van der Waals surface area (Å²) >= 11 is 0. The highest BCUT2D eigenvalue weighted by molar-refractivity contribution is 5.25. The molecule has 2 rings (SSSR count). The highest BCUT2D eigenvalue weighted by Gasteiger charge is 2.17. The molecular weight excluding hydrogens is 184 g/mol. The lowest BCUT2D eigenvalue weighted by Crippen LogP contribution is -2.09. The number of benzene rings is 1. The molecule has 0 heterocycles. The Hall–Kier alpha value is -1.50. The van der Waals surface area contributed by atoms with Crippen LogP contribution in [0.3, 0.4) is 0 Å². The maximum absolute atomic E-state index is 9.25. The second-order valence-electron chi connectivity index (χ2n) is 4.09. The lowest BCUT2D eigenvalue weighted by molar-refractivity contribution is 0.415. The van der Waals surface area contributed by atoms with Crippen LogP contribution in [0.25, 0.3) is 0 Å². The van der Waals surface area contributed by atoms with Gasteiger partial charge in [-0.05, 0) is 36.0 Å². The van der Waals surface area contributed by atoms with Gasteiger partial charge >= 0.3 is 0 Å². The Morgan fingerprint density at radius 3 is 2.60 bits per heavy atom. The van der Waals surface area contributed by atoms with E-state index in [2.05, 4.69) is 37.3 Å². The summed E-state index contributed by atoms with van der Waals surface area (Å²) in [6, 6.07) is 10.5. The zero-order valence-corrected chi connectivity index (χ0v) is 8.93. The van der Waals surface area contributed by atoms with Gasteiger partial charge in [0.05, 0.1) is 0 Å². The lowest BCUT2D eigenvalue weighted by Gasteiger charge is -2.22. The summed E-state index contributed by atoms with van der Waals surface area (Å²) in [5.74, 6) is 1.40. The van der Waals surface area contributed by atoms with Gasteiger partial charge in [0.15, 0.2) is 0 Å². The fourth-order valence-corrected chi connectivity index (χ4v) is 2.00. The number of allylic oxidation sites excluding steroid dienone is 3. The molecule has 0 aliphatic heterocycles. The molecule has 0 fully saturated rings. The van der Waals surface area contributed by atoms with E-state index < -0.39 is 0 Å². The second-order valence-corrected chi connectivity index (χ2v) is 4.09. The van der Waals surface area contributed by atoms with Crippen LogP contribution < -0.4 is 0 Å². The molecule has 0 spiro atoms. The third-order valence-corrected chi connectivity index (χ3v) is 3.08. The average Bonchev–Trinajstić information content (AvgIpc) is 2.30. The summed E-state index contributed by atoms with van der Waals surface area (Å²) in [6.07, 6.45) is 6.73. The first-order valence-electron chi connectivity index (χ1n) is 5.39. The monoisotopic (exact) mass is 200 g/mol. The smallest absolute Gasteiger partial charge is 0.111 e. The molecule has 1 nitrogen and oxygen atoms in total. The van der Waals surface area contributed by atoms with Gasteiger partial charge in [-0.2, -0.15) is 0 Å². The average molecular weight is 200 g/mol. The SMILES string of the molecule is CC(c1ccccc1)C1C=CC(O)=CC1. The van der Waals surface area contributed by atoms with Crippen molar-refractivity contribution in [3.63, 3.8) is 0 Å². The molecule has 1 N–H and O–H groups in total. The van der Waals surface area contributed by atoms with Crippen molar-refractivity contribution in [3.05, 3.63) is 59.9 Å². The van der Waals surface area contributed by atoms with E-state index in [-0.39, 0.29) is 0 Å². The summed E-state index contributed by atoms with van der Waals surface area (Å²) in [7, 11) is 0. The molecule has 15 heavy (non-hydrogen) atoms. The van der Waals surface area contributed by atoms with E-state index in [1.54, 1.807) is 6.08 Å². The first-order valence-corrected chi connectivity index (χ1v) is 5.39. The number of hydrogen-bond donors (Lipinski definition) is 1. The van der Waals surface area contributed by atoms with Crippen LogP contribution in [0, 0.1) is 5.92 Å². The van der Waals surface area contributed by atoms with Gasteiger partial charge in [0.2, 0.25) is 0 Å². The number of hydrogen-bond acceptors (Lipinski definition) is 1. The van der Waals surface area contributed by atoms with Crippen LogP contribution in [0.2, 0.25) is 0 Å². The number of rotatable bonds is 2. The van der Waals surface area contributed by atoms with Crippen molar-refractivity contribution in [3.8, 4) is 0 Å². The van der Waals surface area contributed by atoms with Crippen molar-refractivity contribution in [1.82, 2.24) is 0 Å². The van der Waals surface area contributed by atoms with Crippen molar-refractivity contribution >= 4 is 0 Å². The Bertz CT molecular complexity index is 376. The topological polar surface area (TPSA) is 20.2 Å². The minimum absolute atomic E-state index is 0.395. The van der Waals surface area contributed by atoms with E-state index in [0.29, 0.717) is 17.6 Å². The highest BCUT2D eigenvalue weighted by atomic mass is 16.3. The first kappa shape index (κ1) is 10.0. The molecule has 78 valence electrons. The lowest BCUT2D eigenvalue weighted by atomic mass is 9.83. The van der Waals surface area contributed by atoms with Crippen molar-refractivity contribution in [1.29, 1.82) is 0 Å². The minimum Gasteiger partial charge on any atom is -0.508 e. The van der Waals surface area contributed by atoms with Gasteiger partial charge in [0.25, 0.3) is 0 Å². The normalized spacial score (nSPS) is 22.2. The third kappa shape index (κ3) is 2.30. The van der Waals surface area contributed by atoms with Gasteiger partial charge in [-0.15, -0.1) is 0 Å². The van der Waals surface area contributed by atoms with Crippen LogP contribution in [0.5, 0.6) is 0 Å². The van der Waals surface area contributed by atoms with Gasteiger partial charge in [0, 0.05) is 0 Å². The van der Waals surface area contributed by atoms with E-state index in [4.69, 9.17) is 0 Å². The van der Waals surface area contributed by atoms with Crippen molar-refractivity contribution in [2.24, 2.45) is 5.92 Å². The first-order chi connectivity index (χ1) is 7.27.